The molecule has 0 saturated carbocycles. The molecule has 0 aliphatic rings. The third kappa shape index (κ3) is 6.85. The van der Waals surface area contributed by atoms with Crippen LogP contribution in [-0.2, 0) is 4.79 Å². The zero-order valence-corrected chi connectivity index (χ0v) is 9.76. The minimum Gasteiger partial charge on any atom is -1.00 e. The summed E-state index contributed by atoms with van der Waals surface area (Å²) < 4.78 is 0. The van der Waals surface area contributed by atoms with Crippen molar-refractivity contribution >= 4 is 5.97 Å². The van der Waals surface area contributed by atoms with E-state index in [1.165, 1.54) is 0 Å². The molecule has 0 atom stereocenters. The number of carbonyl (C=O) groups is 1. The van der Waals surface area contributed by atoms with E-state index in [-0.39, 0.29) is 36.9 Å². The van der Waals surface area contributed by atoms with Gasteiger partial charge < -0.3 is 6.53 Å². The molecule has 0 saturated heterocycles. The van der Waals surface area contributed by atoms with Crippen LogP contribution in [0.3, 0.4) is 0 Å². The summed E-state index contributed by atoms with van der Waals surface area (Å²) in [5.41, 5.74) is 0. The van der Waals surface area contributed by atoms with Crippen molar-refractivity contribution in [3.8, 4) is 0 Å². The number of aliphatic carboxylic acids is 1. The van der Waals surface area contributed by atoms with Crippen LogP contribution in [-0.4, -0.2) is 11.1 Å². The van der Waals surface area contributed by atoms with Crippen LogP contribution in [0.5, 0.6) is 0 Å². The molecule has 0 aliphatic carbocycles. The van der Waals surface area contributed by atoms with Crippen molar-refractivity contribution in [1.82, 2.24) is 0 Å². The van der Waals surface area contributed by atoms with E-state index in [4.69, 9.17) is 5.11 Å². The van der Waals surface area contributed by atoms with Gasteiger partial charge in [-0.15, -0.1) is 0 Å². The maximum atomic E-state index is 10.5. The summed E-state index contributed by atoms with van der Waals surface area (Å²) in [6, 6.07) is 0. The molecule has 1 N–H and O–H groups in total. The Morgan fingerprint density at radius 1 is 1.36 bits per heavy atom. The van der Waals surface area contributed by atoms with Crippen molar-refractivity contribution < 1.29 is 40.9 Å². The second-order valence-electron chi connectivity index (χ2n) is 2.61. The van der Waals surface area contributed by atoms with E-state index >= 15 is 0 Å². The number of hydrogen-bond donors (Lipinski definition) is 1. The first kappa shape index (κ1) is 14.0. The predicted molar refractivity (Wildman–Crippen MR) is 42.1 cm³/mol. The summed E-state index contributed by atoms with van der Waals surface area (Å²) in [5.74, 6) is -0.737. The van der Waals surface area contributed by atoms with E-state index in [0.29, 0.717) is 0 Å². The molecule has 0 fully saturated rings. The minimum atomic E-state index is -0.635. The summed E-state index contributed by atoms with van der Waals surface area (Å²) in [4.78, 5) is 10.5. The van der Waals surface area contributed by atoms with E-state index < -0.39 is 5.97 Å². The van der Waals surface area contributed by atoms with Gasteiger partial charge >= 0.3 is 35.5 Å². The van der Waals surface area contributed by atoms with Gasteiger partial charge in [0.25, 0.3) is 0 Å². The fraction of sp³-hybridized carbons (Fsp3) is 0.875. The summed E-state index contributed by atoms with van der Waals surface area (Å²) in [6.45, 7) is 4.04. The number of carboxylic acids is 1. The smallest absolute Gasteiger partial charge is 1.00 e. The number of carboxylic acid groups (broad SMARTS) is 1. The van der Waals surface area contributed by atoms with Gasteiger partial charge in [0.05, 0.1) is 5.92 Å². The van der Waals surface area contributed by atoms with Gasteiger partial charge in [-0.05, 0) is 12.8 Å². The molecule has 0 bridgehead atoms. The van der Waals surface area contributed by atoms with Gasteiger partial charge in [0.2, 0.25) is 0 Å². The Bertz CT molecular complexity index is 103. The molecule has 0 aliphatic heterocycles. The largest absolute Gasteiger partial charge is 1.00 e. The zero-order chi connectivity index (χ0) is 7.98. The maximum Gasteiger partial charge on any atom is 1.00 e. The van der Waals surface area contributed by atoms with Crippen LogP contribution in [0.1, 0.15) is 41.0 Å². The van der Waals surface area contributed by atoms with Crippen LogP contribution in [0.2, 0.25) is 0 Å². The molecule has 0 radical (unpaired) electrons. The Kier molecular flexibility index (Phi) is 10.9. The number of rotatable bonds is 5. The molecule has 0 heterocycles. The standard InChI is InChI=1S/C8H16O2.Na.H/c1-3-5-7(6-4-2)8(9)10;;/h7H,3-6H2,1-2H3,(H,9,10);;/q;+1;-1. The van der Waals surface area contributed by atoms with E-state index in [9.17, 15) is 4.79 Å². The Morgan fingerprint density at radius 2 is 1.73 bits per heavy atom. The van der Waals surface area contributed by atoms with Gasteiger partial charge in [-0.3, -0.25) is 4.79 Å². The quantitative estimate of drug-likeness (QED) is 0.557. The van der Waals surface area contributed by atoms with E-state index in [1.54, 1.807) is 0 Å². The summed E-state index contributed by atoms with van der Waals surface area (Å²) in [5, 5.41) is 8.64. The van der Waals surface area contributed by atoms with Crippen molar-refractivity contribution in [2.24, 2.45) is 5.92 Å². The molecule has 2 nitrogen and oxygen atoms in total. The SMILES string of the molecule is CCCC(CCC)C(=O)O.[H-].[Na+]. The monoisotopic (exact) mass is 168 g/mol. The Hall–Kier alpha value is 0.470. The second-order valence-corrected chi connectivity index (χ2v) is 2.61. The van der Waals surface area contributed by atoms with Crippen LogP contribution >= 0.6 is 0 Å². The van der Waals surface area contributed by atoms with Gasteiger partial charge in [-0.2, -0.15) is 0 Å². The first-order valence-electron chi connectivity index (χ1n) is 3.95. The van der Waals surface area contributed by atoms with Gasteiger partial charge in [-0.1, -0.05) is 26.7 Å². The summed E-state index contributed by atoms with van der Waals surface area (Å²) >= 11 is 0. The van der Waals surface area contributed by atoms with Gasteiger partial charge in [0, 0.05) is 0 Å². The minimum absolute atomic E-state index is 0. The van der Waals surface area contributed by atoms with Crippen LogP contribution in [0, 0.1) is 5.92 Å². The van der Waals surface area contributed by atoms with Crippen LogP contribution in [0.15, 0.2) is 0 Å². The molecule has 0 aromatic carbocycles. The van der Waals surface area contributed by atoms with Crippen LogP contribution in [0.4, 0.5) is 0 Å². The van der Waals surface area contributed by atoms with E-state index in [2.05, 4.69) is 0 Å². The first-order valence-corrected chi connectivity index (χ1v) is 3.95. The molecule has 0 unspecified atom stereocenters. The summed E-state index contributed by atoms with van der Waals surface area (Å²) in [6.07, 6.45) is 3.58. The fourth-order valence-electron chi connectivity index (χ4n) is 1.09. The first-order chi connectivity index (χ1) is 4.72. The molecule has 11 heavy (non-hydrogen) atoms. The van der Waals surface area contributed by atoms with Gasteiger partial charge in [0.15, 0.2) is 0 Å². The normalized spacial score (nSPS) is 9.36. The molecule has 0 aromatic heterocycles. The maximum absolute atomic E-state index is 10.5. The third-order valence-electron chi connectivity index (χ3n) is 1.62. The van der Waals surface area contributed by atoms with Crippen molar-refractivity contribution in [2.75, 3.05) is 0 Å². The van der Waals surface area contributed by atoms with Crippen LogP contribution < -0.4 is 29.6 Å². The van der Waals surface area contributed by atoms with Crippen LogP contribution in [0.25, 0.3) is 0 Å². The van der Waals surface area contributed by atoms with Crippen molar-refractivity contribution in [3.63, 3.8) is 0 Å². The molecule has 0 amide bonds. The molecule has 0 rings (SSSR count). The van der Waals surface area contributed by atoms with Gasteiger partial charge in [0.1, 0.15) is 0 Å². The third-order valence-corrected chi connectivity index (χ3v) is 1.62. The Morgan fingerprint density at radius 3 is 1.91 bits per heavy atom. The van der Waals surface area contributed by atoms with E-state index in [1.807, 2.05) is 13.8 Å². The predicted octanol–water partition coefficient (Wildman–Crippen LogP) is -0.596. The molecule has 3 heteroatoms. The topological polar surface area (TPSA) is 37.3 Å². The zero-order valence-electron chi connectivity index (χ0n) is 8.76. The average molecular weight is 168 g/mol. The van der Waals surface area contributed by atoms with Crippen molar-refractivity contribution in [3.05, 3.63) is 0 Å². The molecule has 62 valence electrons. The van der Waals surface area contributed by atoms with E-state index in [0.717, 1.165) is 25.7 Å². The van der Waals surface area contributed by atoms with Crippen molar-refractivity contribution in [1.29, 1.82) is 0 Å². The summed E-state index contributed by atoms with van der Waals surface area (Å²) in [7, 11) is 0. The second kappa shape index (κ2) is 8.57. The van der Waals surface area contributed by atoms with Gasteiger partial charge in [-0.25, -0.2) is 0 Å². The fourth-order valence-corrected chi connectivity index (χ4v) is 1.09. The Balaban J connectivity index is -0.000000405. The Labute approximate surface area is 92.1 Å². The average Bonchev–Trinajstić information content (AvgIpc) is 1.87. The molecular weight excluding hydrogens is 151 g/mol. The number of hydrogen-bond acceptors (Lipinski definition) is 1. The molecular formula is C8H17NaO2. The molecule has 0 spiro atoms. The molecule has 0 aromatic rings. The van der Waals surface area contributed by atoms with Crippen molar-refractivity contribution in [2.45, 2.75) is 39.5 Å².